The van der Waals surface area contributed by atoms with Gasteiger partial charge in [-0.15, -0.1) is 0 Å². The lowest BCUT2D eigenvalue weighted by molar-refractivity contribution is -0.115. The van der Waals surface area contributed by atoms with E-state index in [2.05, 4.69) is 48.2 Å². The number of nitrogens with zero attached hydrogens (tertiary/aromatic N) is 2. The highest BCUT2D eigenvalue weighted by Crippen LogP contribution is 2.32. The number of hydrogen-bond donors (Lipinski definition) is 2. The Balaban J connectivity index is 1.64. The summed E-state index contributed by atoms with van der Waals surface area (Å²) in [5.74, 6) is -1.05. The van der Waals surface area contributed by atoms with E-state index < -0.39 is 5.92 Å². The fraction of sp³-hybridized carbons (Fsp3) is 0.417. The zero-order valence-corrected chi connectivity index (χ0v) is 18.4. The molecule has 0 spiro atoms. The van der Waals surface area contributed by atoms with E-state index in [1.807, 2.05) is 25.1 Å². The lowest BCUT2D eigenvalue weighted by Crippen LogP contribution is -2.40. The van der Waals surface area contributed by atoms with E-state index in [1.165, 1.54) is 12.1 Å². The van der Waals surface area contributed by atoms with Crippen LogP contribution in [-0.4, -0.2) is 42.2 Å². The minimum Gasteiger partial charge on any atom is -0.384 e. The van der Waals surface area contributed by atoms with Gasteiger partial charge in [0.1, 0.15) is 11.7 Å². The Morgan fingerprint density at radius 3 is 2.57 bits per heavy atom. The first-order valence-corrected chi connectivity index (χ1v) is 10.5. The van der Waals surface area contributed by atoms with Crippen LogP contribution < -0.4 is 10.6 Å². The van der Waals surface area contributed by atoms with Crippen molar-refractivity contribution >= 4 is 29.2 Å². The van der Waals surface area contributed by atoms with Crippen LogP contribution in [0.3, 0.4) is 0 Å². The minimum atomic E-state index is -0.503. The molecule has 0 bridgehead atoms. The molecule has 1 atom stereocenters. The summed E-state index contributed by atoms with van der Waals surface area (Å²) in [7, 11) is 0. The van der Waals surface area contributed by atoms with E-state index in [9.17, 15) is 9.18 Å². The fourth-order valence-corrected chi connectivity index (χ4v) is 3.93. The van der Waals surface area contributed by atoms with Gasteiger partial charge in [-0.25, -0.2) is 4.39 Å². The molecule has 2 N–H and O–H groups in total. The summed E-state index contributed by atoms with van der Waals surface area (Å²) in [6.07, 6.45) is 1.63. The number of rotatable bonds is 8. The van der Waals surface area contributed by atoms with E-state index in [0.717, 1.165) is 35.6 Å². The number of nitrogens with one attached hydrogen (secondary N) is 2. The maximum absolute atomic E-state index is 13.4. The number of benzene rings is 2. The molecule has 1 aliphatic rings. The Bertz CT molecular complexity index is 931. The SMILES string of the molecule is Cc1cc(N=CC2C(=O)Nc3cc(F)ccc32)ccc1NCCN(C(C)C)C(C)C. The van der Waals surface area contributed by atoms with Gasteiger partial charge in [-0.2, -0.15) is 0 Å². The summed E-state index contributed by atoms with van der Waals surface area (Å²) in [5.41, 5.74) is 4.24. The third kappa shape index (κ3) is 5.05. The van der Waals surface area contributed by atoms with Crippen molar-refractivity contribution in [2.24, 2.45) is 4.99 Å². The van der Waals surface area contributed by atoms with Gasteiger partial charge in [0.2, 0.25) is 5.91 Å². The van der Waals surface area contributed by atoms with Gasteiger partial charge in [0.05, 0.1) is 5.69 Å². The first kappa shape index (κ1) is 22.0. The number of carbonyl (C=O) groups excluding carboxylic acids is 1. The van der Waals surface area contributed by atoms with Crippen molar-refractivity contribution in [3.05, 3.63) is 53.3 Å². The Kier molecular flexibility index (Phi) is 6.87. The molecule has 1 amide bonds. The monoisotopic (exact) mass is 410 g/mol. The van der Waals surface area contributed by atoms with Gasteiger partial charge >= 0.3 is 0 Å². The molecule has 0 radical (unpaired) electrons. The molecular weight excluding hydrogens is 379 g/mol. The molecule has 1 unspecified atom stereocenters. The number of carbonyl (C=O) groups is 1. The van der Waals surface area contributed by atoms with Crippen molar-refractivity contribution in [3.8, 4) is 0 Å². The number of hydrogen-bond acceptors (Lipinski definition) is 4. The number of aliphatic imine (C=N–C) groups is 1. The number of anilines is 2. The van der Waals surface area contributed by atoms with Crippen molar-refractivity contribution in [3.63, 3.8) is 0 Å². The molecule has 0 saturated heterocycles. The lowest BCUT2D eigenvalue weighted by atomic mass is 10.0. The van der Waals surface area contributed by atoms with E-state index >= 15 is 0 Å². The topological polar surface area (TPSA) is 56.7 Å². The Morgan fingerprint density at radius 1 is 1.17 bits per heavy atom. The van der Waals surface area contributed by atoms with Crippen molar-refractivity contribution in [1.82, 2.24) is 4.90 Å². The smallest absolute Gasteiger partial charge is 0.237 e. The quantitative estimate of drug-likeness (QED) is 0.595. The summed E-state index contributed by atoms with van der Waals surface area (Å²) < 4.78 is 13.4. The Morgan fingerprint density at radius 2 is 1.90 bits per heavy atom. The molecule has 6 heteroatoms. The molecule has 3 rings (SSSR count). The van der Waals surface area contributed by atoms with E-state index in [1.54, 1.807) is 12.3 Å². The number of halogens is 1. The third-order valence-corrected chi connectivity index (χ3v) is 5.49. The summed E-state index contributed by atoms with van der Waals surface area (Å²) >= 11 is 0. The van der Waals surface area contributed by atoms with Crippen LogP contribution in [-0.2, 0) is 4.79 Å². The second-order valence-corrected chi connectivity index (χ2v) is 8.33. The molecule has 0 fully saturated rings. The summed E-state index contributed by atoms with van der Waals surface area (Å²) in [6, 6.07) is 11.3. The number of aryl methyl sites for hydroxylation is 1. The first-order chi connectivity index (χ1) is 14.3. The Hall–Kier alpha value is -2.73. The van der Waals surface area contributed by atoms with E-state index in [4.69, 9.17) is 0 Å². The molecule has 0 aromatic heterocycles. The Labute approximate surface area is 178 Å². The van der Waals surface area contributed by atoms with Crippen LogP contribution in [0.15, 0.2) is 41.4 Å². The summed E-state index contributed by atoms with van der Waals surface area (Å²) in [6.45, 7) is 12.8. The van der Waals surface area contributed by atoms with Gasteiger partial charge in [-0.3, -0.25) is 14.7 Å². The van der Waals surface area contributed by atoms with Gasteiger partial charge in [-0.1, -0.05) is 6.07 Å². The highest BCUT2D eigenvalue weighted by Gasteiger charge is 2.29. The maximum atomic E-state index is 13.4. The molecule has 0 aliphatic carbocycles. The second-order valence-electron chi connectivity index (χ2n) is 8.33. The number of amides is 1. The van der Waals surface area contributed by atoms with E-state index in [0.29, 0.717) is 17.8 Å². The van der Waals surface area contributed by atoms with Crippen molar-refractivity contribution in [1.29, 1.82) is 0 Å². The minimum absolute atomic E-state index is 0.186. The largest absolute Gasteiger partial charge is 0.384 e. The van der Waals surface area contributed by atoms with Crippen LogP contribution in [0.2, 0.25) is 0 Å². The average molecular weight is 411 g/mol. The highest BCUT2D eigenvalue weighted by atomic mass is 19.1. The number of fused-ring (bicyclic) bond motifs is 1. The van der Waals surface area contributed by atoms with Gasteiger partial charge in [-0.05, 0) is 76.1 Å². The van der Waals surface area contributed by atoms with Crippen molar-refractivity contribution in [2.45, 2.75) is 52.6 Å². The van der Waals surface area contributed by atoms with Gasteiger partial charge in [0.15, 0.2) is 0 Å². The highest BCUT2D eigenvalue weighted by molar-refractivity contribution is 6.12. The van der Waals surface area contributed by atoms with Crippen LogP contribution in [0.5, 0.6) is 0 Å². The molecule has 2 aromatic rings. The van der Waals surface area contributed by atoms with Gasteiger partial charge < -0.3 is 10.6 Å². The molecule has 2 aromatic carbocycles. The van der Waals surface area contributed by atoms with Crippen LogP contribution >= 0.6 is 0 Å². The normalized spacial score (nSPS) is 16.0. The van der Waals surface area contributed by atoms with Crippen LogP contribution in [0.25, 0.3) is 0 Å². The predicted molar refractivity (Wildman–Crippen MR) is 123 cm³/mol. The second kappa shape index (κ2) is 9.39. The molecular formula is C24H31FN4O. The zero-order chi connectivity index (χ0) is 21.8. The lowest BCUT2D eigenvalue weighted by Gasteiger charge is -2.30. The molecule has 30 heavy (non-hydrogen) atoms. The summed E-state index contributed by atoms with van der Waals surface area (Å²) in [4.78, 5) is 19.2. The molecule has 5 nitrogen and oxygen atoms in total. The molecule has 1 heterocycles. The maximum Gasteiger partial charge on any atom is 0.237 e. The molecule has 1 aliphatic heterocycles. The van der Waals surface area contributed by atoms with Crippen LogP contribution in [0, 0.1) is 12.7 Å². The van der Waals surface area contributed by atoms with Gasteiger partial charge in [0.25, 0.3) is 0 Å². The van der Waals surface area contributed by atoms with E-state index in [-0.39, 0.29) is 11.7 Å². The van der Waals surface area contributed by atoms with Crippen molar-refractivity contribution < 1.29 is 9.18 Å². The van der Waals surface area contributed by atoms with Crippen LogP contribution in [0.4, 0.5) is 21.5 Å². The summed E-state index contributed by atoms with van der Waals surface area (Å²) in [5, 5.41) is 6.22. The molecule has 160 valence electrons. The predicted octanol–water partition coefficient (Wildman–Crippen LogP) is 5.10. The van der Waals surface area contributed by atoms with Crippen molar-refractivity contribution in [2.75, 3.05) is 23.7 Å². The molecule has 0 saturated carbocycles. The zero-order valence-electron chi connectivity index (χ0n) is 18.4. The standard InChI is InChI=1S/C24H31FN4O/c1-15(2)29(16(3)4)11-10-26-22-9-7-19(12-17(22)5)27-14-21-20-8-6-18(25)13-23(20)28-24(21)30/h6-9,12-16,21,26H,10-11H2,1-5H3,(H,28,30). The fourth-order valence-electron chi connectivity index (χ4n) is 3.93. The average Bonchev–Trinajstić information content (AvgIpc) is 2.98. The van der Waals surface area contributed by atoms with Crippen LogP contribution in [0.1, 0.15) is 44.7 Å². The first-order valence-electron chi connectivity index (χ1n) is 10.5. The third-order valence-electron chi connectivity index (χ3n) is 5.49. The van der Waals surface area contributed by atoms with Gasteiger partial charge in [0, 0.05) is 42.8 Å².